The van der Waals surface area contributed by atoms with E-state index in [0.717, 1.165) is 0 Å². The van der Waals surface area contributed by atoms with Gasteiger partial charge in [-0.25, -0.2) is 4.79 Å². The highest BCUT2D eigenvalue weighted by atomic mass is 35.5. The molecule has 0 saturated carbocycles. The Morgan fingerprint density at radius 1 is 1.56 bits per heavy atom. The van der Waals surface area contributed by atoms with Crippen LogP contribution in [0.5, 0.6) is 5.88 Å². The molecule has 1 rings (SSSR count). The second kappa shape index (κ2) is 5.18. The summed E-state index contributed by atoms with van der Waals surface area (Å²) in [7, 11) is 1.48. The Hall–Kier alpha value is -1.27. The molecular weight excluding hydrogens is 262 g/mol. The van der Waals surface area contributed by atoms with E-state index in [4.69, 9.17) is 33.0 Å². The zero-order valence-electron chi connectivity index (χ0n) is 8.05. The first-order valence-corrected chi connectivity index (χ1v) is 4.79. The number of ether oxygens (including phenoxy) is 1. The topological polar surface area (TPSA) is 71.5 Å². The monoisotopic (exact) mass is 268 g/mol. The van der Waals surface area contributed by atoms with Crippen molar-refractivity contribution in [2.45, 2.75) is 0 Å². The molecule has 2 N–H and O–H groups in total. The molecule has 1 aromatic rings. The predicted molar refractivity (Wildman–Crippen MR) is 56.9 cm³/mol. The van der Waals surface area contributed by atoms with Gasteiger partial charge in [-0.2, -0.15) is 9.37 Å². The molecule has 0 aromatic carbocycles. The summed E-state index contributed by atoms with van der Waals surface area (Å²) < 4.78 is 17.9. The fourth-order valence-electron chi connectivity index (χ4n) is 0.939. The van der Waals surface area contributed by atoms with Gasteiger partial charge in [0.1, 0.15) is 10.0 Å². The van der Waals surface area contributed by atoms with Gasteiger partial charge in [0.2, 0.25) is 11.8 Å². The molecule has 0 saturated heterocycles. The average Bonchev–Trinajstić information content (AvgIpc) is 2.22. The smallest absolute Gasteiger partial charge is 0.341 e. The predicted octanol–water partition coefficient (Wildman–Crippen LogP) is 2.03. The molecule has 88 valence electrons. The second-order valence-electron chi connectivity index (χ2n) is 2.64. The molecule has 0 radical (unpaired) electrons. The van der Waals surface area contributed by atoms with Crippen molar-refractivity contribution in [1.29, 1.82) is 0 Å². The Labute approximate surface area is 100 Å². The van der Waals surface area contributed by atoms with Gasteiger partial charge in [0.15, 0.2) is 6.61 Å². The number of anilines is 1. The van der Waals surface area contributed by atoms with Crippen molar-refractivity contribution in [2.75, 3.05) is 19.0 Å². The van der Waals surface area contributed by atoms with Crippen LogP contribution in [0.1, 0.15) is 0 Å². The van der Waals surface area contributed by atoms with Crippen LogP contribution in [0.4, 0.5) is 10.1 Å². The molecule has 0 fully saturated rings. The van der Waals surface area contributed by atoms with E-state index in [-0.39, 0.29) is 21.6 Å². The largest absolute Gasteiger partial charge is 0.479 e. The first-order valence-electron chi connectivity index (χ1n) is 4.04. The molecule has 0 unspecified atom stereocenters. The van der Waals surface area contributed by atoms with Gasteiger partial charge in [-0.05, 0) is 0 Å². The highest BCUT2D eigenvalue weighted by Gasteiger charge is 2.18. The van der Waals surface area contributed by atoms with Gasteiger partial charge in [-0.1, -0.05) is 23.2 Å². The molecule has 16 heavy (non-hydrogen) atoms. The Morgan fingerprint density at radius 3 is 2.69 bits per heavy atom. The van der Waals surface area contributed by atoms with Gasteiger partial charge < -0.3 is 15.2 Å². The lowest BCUT2D eigenvalue weighted by Gasteiger charge is -2.10. The summed E-state index contributed by atoms with van der Waals surface area (Å²) in [6.45, 7) is -0.670. The number of aromatic nitrogens is 1. The van der Waals surface area contributed by atoms with E-state index in [1.807, 2.05) is 0 Å². The number of halogens is 3. The van der Waals surface area contributed by atoms with Crippen LogP contribution in [-0.4, -0.2) is 29.7 Å². The molecule has 5 nitrogen and oxygen atoms in total. The fourth-order valence-corrected chi connectivity index (χ4v) is 1.50. The molecular formula is C8H7Cl2FN2O3. The summed E-state index contributed by atoms with van der Waals surface area (Å²) in [5.41, 5.74) is 0.0937. The van der Waals surface area contributed by atoms with Gasteiger partial charge in [0.05, 0.1) is 5.69 Å². The number of nitrogens with one attached hydrogen (secondary N) is 1. The normalized spacial score (nSPS) is 10.0. The molecule has 0 aliphatic heterocycles. The Kier molecular flexibility index (Phi) is 4.14. The van der Waals surface area contributed by atoms with Crippen LogP contribution >= 0.6 is 23.2 Å². The SMILES string of the molecule is CNc1c(Cl)c(F)nc(OCC(=O)O)c1Cl. The van der Waals surface area contributed by atoms with Gasteiger partial charge in [-0.3, -0.25) is 0 Å². The summed E-state index contributed by atoms with van der Waals surface area (Å²) in [4.78, 5) is 13.6. The maximum atomic E-state index is 13.2. The third-order valence-corrected chi connectivity index (χ3v) is 2.29. The van der Waals surface area contributed by atoms with E-state index in [1.54, 1.807) is 0 Å². The van der Waals surface area contributed by atoms with E-state index in [0.29, 0.717) is 0 Å². The van der Waals surface area contributed by atoms with E-state index in [1.165, 1.54) is 7.05 Å². The summed E-state index contributed by atoms with van der Waals surface area (Å²) >= 11 is 11.4. The fraction of sp³-hybridized carbons (Fsp3) is 0.250. The van der Waals surface area contributed by atoms with Crippen LogP contribution in [0.3, 0.4) is 0 Å². The number of nitrogens with zero attached hydrogens (tertiary/aromatic N) is 1. The van der Waals surface area contributed by atoms with Crippen molar-refractivity contribution in [3.05, 3.63) is 16.0 Å². The van der Waals surface area contributed by atoms with Gasteiger partial charge >= 0.3 is 5.97 Å². The second-order valence-corrected chi connectivity index (χ2v) is 3.40. The molecule has 0 amide bonds. The van der Waals surface area contributed by atoms with Gasteiger partial charge in [0, 0.05) is 7.05 Å². The van der Waals surface area contributed by atoms with E-state index in [2.05, 4.69) is 10.3 Å². The first kappa shape index (κ1) is 12.8. The minimum atomic E-state index is -1.22. The van der Waals surface area contributed by atoms with Crippen LogP contribution in [0.15, 0.2) is 0 Å². The van der Waals surface area contributed by atoms with Crippen LogP contribution in [-0.2, 0) is 4.79 Å². The number of aliphatic carboxylic acids is 1. The number of hydrogen-bond donors (Lipinski definition) is 2. The maximum Gasteiger partial charge on any atom is 0.341 e. The summed E-state index contributed by atoms with van der Waals surface area (Å²) in [5.74, 6) is -2.54. The van der Waals surface area contributed by atoms with Crippen molar-refractivity contribution in [1.82, 2.24) is 4.98 Å². The number of carbonyl (C=O) groups is 1. The molecule has 1 aromatic heterocycles. The van der Waals surface area contributed by atoms with E-state index >= 15 is 0 Å². The van der Waals surface area contributed by atoms with Crippen molar-refractivity contribution < 1.29 is 19.0 Å². The lowest BCUT2D eigenvalue weighted by atomic mass is 10.4. The average molecular weight is 269 g/mol. The van der Waals surface area contributed by atoms with E-state index < -0.39 is 18.5 Å². The summed E-state index contributed by atoms with van der Waals surface area (Å²) in [6.07, 6.45) is 0. The molecule has 0 atom stereocenters. The number of carboxylic acids is 1. The highest BCUT2D eigenvalue weighted by Crippen LogP contribution is 2.37. The van der Waals surface area contributed by atoms with Crippen LogP contribution < -0.4 is 10.1 Å². The Balaban J connectivity index is 3.10. The van der Waals surface area contributed by atoms with Gasteiger partial charge in [-0.15, -0.1) is 0 Å². The number of rotatable bonds is 4. The lowest BCUT2D eigenvalue weighted by Crippen LogP contribution is -2.11. The minimum Gasteiger partial charge on any atom is -0.479 e. The molecule has 0 bridgehead atoms. The quantitative estimate of drug-likeness (QED) is 0.818. The Bertz CT molecular complexity index is 428. The number of carboxylic acid groups (broad SMARTS) is 1. The van der Waals surface area contributed by atoms with Crippen molar-refractivity contribution in [3.63, 3.8) is 0 Å². The van der Waals surface area contributed by atoms with Crippen LogP contribution in [0.2, 0.25) is 10.0 Å². The third-order valence-electron chi connectivity index (χ3n) is 1.59. The number of pyridine rings is 1. The highest BCUT2D eigenvalue weighted by molar-refractivity contribution is 6.39. The van der Waals surface area contributed by atoms with Crippen molar-refractivity contribution in [3.8, 4) is 5.88 Å². The van der Waals surface area contributed by atoms with Crippen LogP contribution in [0.25, 0.3) is 0 Å². The van der Waals surface area contributed by atoms with Crippen molar-refractivity contribution >= 4 is 34.9 Å². The lowest BCUT2D eigenvalue weighted by molar-refractivity contribution is -0.139. The zero-order chi connectivity index (χ0) is 12.3. The third kappa shape index (κ3) is 2.65. The van der Waals surface area contributed by atoms with Gasteiger partial charge in [0.25, 0.3) is 0 Å². The number of hydrogen-bond acceptors (Lipinski definition) is 4. The minimum absolute atomic E-state index is 0.0739. The molecule has 0 spiro atoms. The maximum absolute atomic E-state index is 13.2. The van der Waals surface area contributed by atoms with Crippen molar-refractivity contribution in [2.24, 2.45) is 0 Å². The zero-order valence-corrected chi connectivity index (χ0v) is 9.56. The summed E-state index contributed by atoms with van der Waals surface area (Å²) in [6, 6.07) is 0. The first-order chi connectivity index (χ1) is 7.47. The van der Waals surface area contributed by atoms with E-state index in [9.17, 15) is 9.18 Å². The molecule has 0 aliphatic rings. The van der Waals surface area contributed by atoms with Crippen LogP contribution in [0, 0.1) is 5.95 Å². The molecule has 8 heteroatoms. The standard InChI is InChI=1S/C8H7Cl2FN2O3/c1-12-6-4(9)7(11)13-8(5(6)10)16-2-3(14)15/h2H2,1H3,(H,12,13)(H,14,15). The Morgan fingerprint density at radius 2 is 2.19 bits per heavy atom. The molecule has 1 heterocycles. The summed E-state index contributed by atoms with van der Waals surface area (Å²) in [5, 5.41) is 10.6. The molecule has 0 aliphatic carbocycles.